The Hall–Kier alpha value is -0.640. The molecule has 0 aliphatic heterocycles. The molecule has 0 heterocycles. The monoisotopic (exact) mass is 236 g/mol. The number of hydrogen-bond acceptors (Lipinski definition) is 5. The first-order chi connectivity index (χ1) is 6.85. The maximum absolute atomic E-state index is 11.9. The molecule has 0 aromatic rings. The van der Waals surface area contributed by atoms with Crippen LogP contribution in [0.2, 0.25) is 0 Å². The molecule has 5 nitrogen and oxygen atoms in total. The first-order valence-electron chi connectivity index (χ1n) is 4.48. The lowest BCUT2D eigenvalue weighted by atomic mass is 10.2. The fourth-order valence-corrected chi connectivity index (χ4v) is 2.10. The van der Waals surface area contributed by atoms with Crippen LogP contribution in [0.25, 0.3) is 0 Å². The lowest BCUT2D eigenvalue weighted by Crippen LogP contribution is -2.04. The maximum atomic E-state index is 11.9. The smallest absolute Gasteiger partial charge is 0.395 e. The van der Waals surface area contributed by atoms with Crippen LogP contribution in [0.15, 0.2) is 11.6 Å². The van der Waals surface area contributed by atoms with Crippen LogP contribution in [0.1, 0.15) is 20.8 Å². The second-order valence-electron chi connectivity index (χ2n) is 3.21. The maximum Gasteiger partial charge on any atom is 0.395 e. The number of esters is 1. The summed E-state index contributed by atoms with van der Waals surface area (Å²) in [6.45, 7) is 4.95. The Balaban J connectivity index is 5.09. The molecule has 15 heavy (non-hydrogen) atoms. The second-order valence-corrected chi connectivity index (χ2v) is 5.37. The highest BCUT2D eigenvalue weighted by Gasteiger charge is 2.31. The van der Waals surface area contributed by atoms with Gasteiger partial charge in [-0.3, -0.25) is 9.36 Å². The Morgan fingerprint density at radius 2 is 1.73 bits per heavy atom. The molecule has 0 unspecified atom stereocenters. The van der Waals surface area contributed by atoms with Crippen LogP contribution < -0.4 is 0 Å². The molecule has 0 aliphatic rings. The van der Waals surface area contributed by atoms with Gasteiger partial charge in [0.15, 0.2) is 0 Å². The van der Waals surface area contributed by atoms with E-state index in [1.54, 1.807) is 0 Å². The molecule has 0 rings (SSSR count). The lowest BCUT2D eigenvalue weighted by Gasteiger charge is -2.16. The molecule has 88 valence electrons. The van der Waals surface area contributed by atoms with Crippen LogP contribution in [-0.4, -0.2) is 20.2 Å². The van der Waals surface area contributed by atoms with Gasteiger partial charge in [-0.05, 0) is 12.0 Å². The van der Waals surface area contributed by atoms with Crippen molar-refractivity contribution in [3.8, 4) is 0 Å². The summed E-state index contributed by atoms with van der Waals surface area (Å²) in [5.41, 5.74) is -0.0602. The molecule has 6 heteroatoms. The number of carbonyl (C=O) groups is 1. The van der Waals surface area contributed by atoms with E-state index >= 15 is 0 Å². The molecule has 0 radical (unpaired) electrons. The summed E-state index contributed by atoms with van der Waals surface area (Å²) in [6.07, 6.45) is 1.54. The Kier molecular flexibility index (Phi) is 5.80. The summed E-state index contributed by atoms with van der Waals surface area (Å²) in [5.74, 6) is -0.491. The zero-order valence-corrected chi connectivity index (χ0v) is 10.5. The van der Waals surface area contributed by atoms with Crippen LogP contribution in [0.3, 0.4) is 0 Å². The Bertz CT molecular complexity index is 287. The van der Waals surface area contributed by atoms with E-state index < -0.39 is 13.6 Å². The first kappa shape index (κ1) is 14.4. The predicted octanol–water partition coefficient (Wildman–Crippen LogP) is 2.53. The fraction of sp³-hybridized carbons (Fsp3) is 0.667. The summed E-state index contributed by atoms with van der Waals surface area (Å²) in [7, 11) is -1.00. The van der Waals surface area contributed by atoms with Gasteiger partial charge >= 0.3 is 13.6 Å². The van der Waals surface area contributed by atoms with E-state index in [2.05, 4.69) is 0 Å². The van der Waals surface area contributed by atoms with Crippen LogP contribution >= 0.6 is 7.60 Å². The molecule has 0 N–H and O–H groups in total. The molecule has 0 spiro atoms. The van der Waals surface area contributed by atoms with Gasteiger partial charge in [-0.2, -0.15) is 0 Å². The van der Waals surface area contributed by atoms with Crippen LogP contribution in [-0.2, 0) is 23.1 Å². The van der Waals surface area contributed by atoms with Crippen molar-refractivity contribution in [2.24, 2.45) is 5.92 Å². The quantitative estimate of drug-likeness (QED) is 0.417. The summed E-state index contributed by atoms with van der Waals surface area (Å²) < 4.78 is 26.2. The third-order valence-corrected chi connectivity index (χ3v) is 3.22. The van der Waals surface area contributed by atoms with E-state index in [0.717, 1.165) is 0 Å². The average molecular weight is 236 g/mol. The zero-order chi connectivity index (χ0) is 12.1. The van der Waals surface area contributed by atoms with Gasteiger partial charge in [0, 0.05) is 21.1 Å². The van der Waals surface area contributed by atoms with E-state index in [-0.39, 0.29) is 11.4 Å². The van der Waals surface area contributed by atoms with Crippen molar-refractivity contribution < 1.29 is 23.1 Å². The van der Waals surface area contributed by atoms with Crippen molar-refractivity contribution in [2.45, 2.75) is 20.8 Å². The molecule has 0 fully saturated rings. The summed E-state index contributed by atoms with van der Waals surface area (Å²) in [6, 6.07) is 0. The highest BCUT2D eigenvalue weighted by atomic mass is 31.2. The standard InChI is InChI=1S/C9H17O5P/c1-7(2)6-9(14-8(3)10)15(11,12-4)13-5/h6-7H,1-5H3/b9-6+. The topological polar surface area (TPSA) is 61.8 Å². The molecule has 0 saturated heterocycles. The lowest BCUT2D eigenvalue weighted by molar-refractivity contribution is -0.136. The third-order valence-electron chi connectivity index (χ3n) is 1.47. The van der Waals surface area contributed by atoms with Crippen LogP contribution in [0, 0.1) is 5.92 Å². The highest BCUT2D eigenvalue weighted by molar-refractivity contribution is 7.58. The SMILES string of the molecule is COP(=O)(OC)/C(=C/C(C)C)OC(C)=O. The predicted molar refractivity (Wildman–Crippen MR) is 56.3 cm³/mol. The van der Waals surface area contributed by atoms with E-state index in [1.807, 2.05) is 13.8 Å². The number of carbonyl (C=O) groups excluding carboxylic acids is 1. The van der Waals surface area contributed by atoms with E-state index in [1.165, 1.54) is 27.2 Å². The van der Waals surface area contributed by atoms with Gasteiger partial charge < -0.3 is 13.8 Å². The molecule has 0 atom stereocenters. The summed E-state index contributed by atoms with van der Waals surface area (Å²) >= 11 is 0. The molecule has 0 aliphatic carbocycles. The Labute approximate surface area is 89.9 Å². The van der Waals surface area contributed by atoms with E-state index in [0.29, 0.717) is 0 Å². The van der Waals surface area contributed by atoms with Gasteiger partial charge in [-0.25, -0.2) is 0 Å². The van der Waals surface area contributed by atoms with Crippen molar-refractivity contribution in [1.82, 2.24) is 0 Å². The fourth-order valence-electron chi connectivity index (χ4n) is 0.868. The van der Waals surface area contributed by atoms with Gasteiger partial charge in [0.1, 0.15) is 0 Å². The van der Waals surface area contributed by atoms with Crippen molar-refractivity contribution in [3.63, 3.8) is 0 Å². The van der Waals surface area contributed by atoms with Gasteiger partial charge in [0.2, 0.25) is 5.50 Å². The molecule has 0 aromatic heterocycles. The summed E-state index contributed by atoms with van der Waals surface area (Å²) in [4.78, 5) is 10.8. The molecular formula is C9H17O5P. The minimum absolute atomic E-state index is 0.0602. The summed E-state index contributed by atoms with van der Waals surface area (Å²) in [5, 5.41) is 0. The molecule has 0 amide bonds. The van der Waals surface area contributed by atoms with Crippen molar-refractivity contribution in [3.05, 3.63) is 11.6 Å². The van der Waals surface area contributed by atoms with E-state index in [9.17, 15) is 9.36 Å². The largest absolute Gasteiger partial charge is 0.418 e. The van der Waals surface area contributed by atoms with Gasteiger partial charge in [0.05, 0.1) is 0 Å². The van der Waals surface area contributed by atoms with Crippen molar-refractivity contribution >= 4 is 13.6 Å². The van der Waals surface area contributed by atoms with Crippen LogP contribution in [0.4, 0.5) is 0 Å². The number of rotatable bonds is 5. The molecule has 0 bridgehead atoms. The second kappa shape index (κ2) is 6.05. The third kappa shape index (κ3) is 4.60. The highest BCUT2D eigenvalue weighted by Crippen LogP contribution is 2.55. The number of ether oxygens (including phenoxy) is 1. The van der Waals surface area contributed by atoms with Gasteiger partial charge in [-0.1, -0.05) is 13.8 Å². The van der Waals surface area contributed by atoms with Crippen LogP contribution in [0.5, 0.6) is 0 Å². The average Bonchev–Trinajstić information content (AvgIpc) is 2.14. The number of hydrogen-bond donors (Lipinski definition) is 0. The molecular weight excluding hydrogens is 219 g/mol. The van der Waals surface area contributed by atoms with E-state index in [4.69, 9.17) is 13.8 Å². The first-order valence-corrected chi connectivity index (χ1v) is 6.02. The molecule has 0 saturated carbocycles. The van der Waals surface area contributed by atoms with Crippen molar-refractivity contribution in [2.75, 3.05) is 14.2 Å². The van der Waals surface area contributed by atoms with Gasteiger partial charge in [0.25, 0.3) is 0 Å². The zero-order valence-electron chi connectivity index (χ0n) is 9.64. The Morgan fingerprint density at radius 1 is 1.27 bits per heavy atom. The van der Waals surface area contributed by atoms with Gasteiger partial charge in [-0.15, -0.1) is 0 Å². The normalized spacial score (nSPS) is 13.1. The van der Waals surface area contributed by atoms with Crippen molar-refractivity contribution in [1.29, 1.82) is 0 Å². The number of allylic oxidation sites excluding steroid dienone is 1. The Morgan fingerprint density at radius 3 is 2.00 bits per heavy atom. The molecule has 0 aromatic carbocycles. The minimum atomic E-state index is -3.48. The minimum Gasteiger partial charge on any atom is -0.418 e.